The summed E-state index contributed by atoms with van der Waals surface area (Å²) in [7, 11) is 1.64. The van der Waals surface area contributed by atoms with Crippen LogP contribution < -0.4 is 10.1 Å². The Kier molecular flexibility index (Phi) is 5.24. The van der Waals surface area contributed by atoms with Crippen molar-refractivity contribution in [1.29, 1.82) is 0 Å². The van der Waals surface area contributed by atoms with Crippen molar-refractivity contribution >= 4 is 5.91 Å². The van der Waals surface area contributed by atoms with E-state index in [-0.39, 0.29) is 11.5 Å². The number of hydrogen-bond acceptors (Lipinski definition) is 4. The van der Waals surface area contributed by atoms with Crippen LogP contribution in [-0.2, 0) is 16.0 Å². The van der Waals surface area contributed by atoms with Gasteiger partial charge in [-0.15, -0.1) is 0 Å². The summed E-state index contributed by atoms with van der Waals surface area (Å²) in [4.78, 5) is 15.0. The third-order valence-corrected chi connectivity index (χ3v) is 6.49. The van der Waals surface area contributed by atoms with Gasteiger partial charge in [0.15, 0.2) is 0 Å². The zero-order valence-electron chi connectivity index (χ0n) is 16.3. The number of benzene rings is 1. The average molecular weight is 370 g/mol. The molecule has 3 heterocycles. The maximum atomic E-state index is 12.5. The minimum absolute atomic E-state index is 0.0361. The minimum Gasteiger partial charge on any atom is -0.497 e. The predicted octanol–water partition coefficient (Wildman–Crippen LogP) is 2.41. The third-order valence-electron chi connectivity index (χ3n) is 6.49. The molecule has 0 aromatic heterocycles. The number of methoxy groups -OCH3 is 1. The van der Waals surface area contributed by atoms with Gasteiger partial charge < -0.3 is 14.8 Å². The van der Waals surface area contributed by atoms with E-state index in [0.717, 1.165) is 43.9 Å². The summed E-state index contributed by atoms with van der Waals surface area (Å²) in [6, 6.07) is 7.71. The van der Waals surface area contributed by atoms with Gasteiger partial charge in [0.2, 0.25) is 5.91 Å². The smallest absolute Gasteiger partial charge is 0.224 e. The number of carbonyl (C=O) groups excluding carboxylic acids is 1. The van der Waals surface area contributed by atoms with E-state index in [9.17, 15) is 4.79 Å². The number of rotatable bonds is 7. The van der Waals surface area contributed by atoms with Crippen molar-refractivity contribution in [1.82, 2.24) is 10.2 Å². The molecular weight excluding hydrogens is 340 g/mol. The van der Waals surface area contributed by atoms with Crippen LogP contribution >= 0.6 is 0 Å². The first kappa shape index (κ1) is 18.5. The van der Waals surface area contributed by atoms with Crippen molar-refractivity contribution in [2.24, 2.45) is 11.8 Å². The fourth-order valence-corrected chi connectivity index (χ4v) is 5.22. The summed E-state index contributed by atoms with van der Waals surface area (Å²) in [6.45, 7) is 5.90. The largest absolute Gasteiger partial charge is 0.497 e. The van der Waals surface area contributed by atoms with E-state index in [1.807, 2.05) is 24.3 Å². The first-order valence-corrected chi connectivity index (χ1v) is 10.0. The Balaban J connectivity index is 1.33. The molecule has 2 bridgehead atoms. The van der Waals surface area contributed by atoms with E-state index in [2.05, 4.69) is 29.3 Å². The molecule has 1 aromatic carbocycles. The van der Waals surface area contributed by atoms with E-state index in [4.69, 9.17) is 9.47 Å². The Morgan fingerprint density at radius 3 is 3.19 bits per heavy atom. The molecule has 4 atom stereocenters. The summed E-state index contributed by atoms with van der Waals surface area (Å²) < 4.78 is 11.7. The first-order chi connectivity index (χ1) is 13.1. The molecule has 27 heavy (non-hydrogen) atoms. The number of allylic oxidation sites excluding steroid dienone is 1. The van der Waals surface area contributed by atoms with Crippen LogP contribution in [0.25, 0.3) is 0 Å². The predicted molar refractivity (Wildman–Crippen MR) is 105 cm³/mol. The SMILES string of the molecule is CC=CCN1C[C@@H]2[C@H](CNC(=O)Cc3cccc(OC)c3)[C@H]3CC[C@]2(C1)O3. The van der Waals surface area contributed by atoms with Crippen molar-refractivity contribution in [2.45, 2.75) is 37.9 Å². The van der Waals surface area contributed by atoms with Crippen molar-refractivity contribution < 1.29 is 14.3 Å². The highest BCUT2D eigenvalue weighted by Gasteiger charge is 2.62. The standard InChI is InChI=1S/C22H30N2O3/c1-3-4-10-24-14-19-18(20-8-9-22(19,15-24)27-20)13-23-21(25)12-16-6-5-7-17(11-16)26-2/h3-7,11,18-20H,8-10,12-15H2,1-2H3,(H,23,25)/t18-,19+,20+,22+/m0/s1. The fourth-order valence-electron chi connectivity index (χ4n) is 5.22. The van der Waals surface area contributed by atoms with Gasteiger partial charge in [-0.25, -0.2) is 0 Å². The second-order valence-electron chi connectivity index (χ2n) is 8.13. The van der Waals surface area contributed by atoms with Gasteiger partial charge in [0, 0.05) is 38.0 Å². The Bertz CT molecular complexity index is 719. The highest BCUT2D eigenvalue weighted by atomic mass is 16.5. The lowest BCUT2D eigenvalue weighted by Gasteiger charge is -2.29. The number of amides is 1. The summed E-state index contributed by atoms with van der Waals surface area (Å²) in [5.74, 6) is 1.84. The lowest BCUT2D eigenvalue weighted by molar-refractivity contribution is -0.120. The third kappa shape index (κ3) is 3.63. The number of likely N-dealkylation sites (tertiary alicyclic amines) is 1. The molecular formula is C22H30N2O3. The van der Waals surface area contributed by atoms with Gasteiger partial charge >= 0.3 is 0 Å². The van der Waals surface area contributed by atoms with Crippen LogP contribution in [0.1, 0.15) is 25.3 Å². The monoisotopic (exact) mass is 370 g/mol. The maximum Gasteiger partial charge on any atom is 0.224 e. The number of ether oxygens (including phenoxy) is 2. The molecule has 3 saturated heterocycles. The van der Waals surface area contributed by atoms with Crippen LogP contribution in [0.4, 0.5) is 0 Å². The van der Waals surface area contributed by atoms with E-state index in [0.29, 0.717) is 24.4 Å². The maximum absolute atomic E-state index is 12.5. The molecule has 5 nitrogen and oxygen atoms in total. The lowest BCUT2D eigenvalue weighted by atomic mass is 9.73. The van der Waals surface area contributed by atoms with E-state index < -0.39 is 0 Å². The normalized spacial score (nSPS) is 32.1. The van der Waals surface area contributed by atoms with Gasteiger partial charge in [0.25, 0.3) is 0 Å². The minimum atomic E-state index is 0.0361. The molecule has 5 heteroatoms. The summed E-state index contributed by atoms with van der Waals surface area (Å²) in [5, 5.41) is 3.17. The second kappa shape index (κ2) is 7.64. The van der Waals surface area contributed by atoms with Crippen molar-refractivity contribution in [2.75, 3.05) is 33.3 Å². The second-order valence-corrected chi connectivity index (χ2v) is 8.13. The molecule has 1 N–H and O–H groups in total. The molecule has 0 radical (unpaired) electrons. The first-order valence-electron chi connectivity index (χ1n) is 10.0. The van der Waals surface area contributed by atoms with Gasteiger partial charge in [-0.1, -0.05) is 24.3 Å². The lowest BCUT2D eigenvalue weighted by Crippen LogP contribution is -2.42. The highest BCUT2D eigenvalue weighted by Crippen LogP contribution is 2.54. The zero-order valence-corrected chi connectivity index (χ0v) is 16.3. The number of carbonyl (C=O) groups is 1. The van der Waals surface area contributed by atoms with Crippen LogP contribution in [0.3, 0.4) is 0 Å². The van der Waals surface area contributed by atoms with Crippen LogP contribution in [0.5, 0.6) is 5.75 Å². The van der Waals surface area contributed by atoms with Gasteiger partial charge in [0.1, 0.15) is 5.75 Å². The molecule has 1 amide bonds. The molecule has 0 aliphatic carbocycles. The van der Waals surface area contributed by atoms with Gasteiger partial charge in [-0.3, -0.25) is 9.69 Å². The number of nitrogens with zero attached hydrogens (tertiary/aromatic N) is 1. The zero-order chi connectivity index (χ0) is 18.9. The molecule has 4 rings (SSSR count). The van der Waals surface area contributed by atoms with Crippen molar-refractivity contribution in [3.8, 4) is 5.75 Å². The molecule has 0 unspecified atom stereocenters. The molecule has 3 fully saturated rings. The van der Waals surface area contributed by atoms with E-state index in [1.165, 1.54) is 6.42 Å². The molecule has 146 valence electrons. The Hall–Kier alpha value is -1.85. The topological polar surface area (TPSA) is 50.8 Å². The van der Waals surface area contributed by atoms with Crippen LogP contribution in [-0.4, -0.2) is 55.8 Å². The Morgan fingerprint density at radius 2 is 2.37 bits per heavy atom. The van der Waals surface area contributed by atoms with Gasteiger partial charge in [0.05, 0.1) is 25.2 Å². The van der Waals surface area contributed by atoms with Gasteiger partial charge in [-0.05, 0) is 37.5 Å². The highest BCUT2D eigenvalue weighted by molar-refractivity contribution is 5.78. The molecule has 0 saturated carbocycles. The Labute approximate surface area is 161 Å². The number of nitrogens with one attached hydrogen (secondary N) is 1. The summed E-state index contributed by atoms with van der Waals surface area (Å²) in [5.41, 5.74) is 1.01. The molecule has 1 aromatic rings. The van der Waals surface area contributed by atoms with Crippen molar-refractivity contribution in [3.63, 3.8) is 0 Å². The quantitative estimate of drug-likeness (QED) is 0.749. The van der Waals surface area contributed by atoms with Gasteiger partial charge in [-0.2, -0.15) is 0 Å². The number of fused-ring (bicyclic) bond motifs is 1. The van der Waals surface area contributed by atoms with E-state index in [1.54, 1.807) is 7.11 Å². The summed E-state index contributed by atoms with van der Waals surface area (Å²) >= 11 is 0. The average Bonchev–Trinajstić information content (AvgIpc) is 3.33. The molecule has 3 aliphatic heterocycles. The molecule has 1 spiro atoms. The summed E-state index contributed by atoms with van der Waals surface area (Å²) in [6.07, 6.45) is 7.33. The Morgan fingerprint density at radius 1 is 1.48 bits per heavy atom. The van der Waals surface area contributed by atoms with Crippen LogP contribution in [0, 0.1) is 11.8 Å². The van der Waals surface area contributed by atoms with Crippen LogP contribution in [0.15, 0.2) is 36.4 Å². The molecule has 3 aliphatic rings. The van der Waals surface area contributed by atoms with Crippen molar-refractivity contribution in [3.05, 3.63) is 42.0 Å². The van der Waals surface area contributed by atoms with E-state index >= 15 is 0 Å². The fraction of sp³-hybridized carbons (Fsp3) is 0.591. The number of hydrogen-bond donors (Lipinski definition) is 1. The van der Waals surface area contributed by atoms with Crippen LogP contribution in [0.2, 0.25) is 0 Å².